The number of aryl methyl sites for hydroxylation is 1. The summed E-state index contributed by atoms with van der Waals surface area (Å²) >= 11 is 8.81. The van der Waals surface area contributed by atoms with E-state index in [9.17, 15) is 0 Å². The SMILES string of the molecule is CNC(Cc1cnn(C)c1)c1cc(Br)c(Br)s1. The molecule has 2 rings (SSSR count). The molecule has 2 aromatic rings. The molecule has 3 nitrogen and oxygen atoms in total. The zero-order valence-electron chi connectivity index (χ0n) is 9.58. The van der Waals surface area contributed by atoms with Gasteiger partial charge in [0.15, 0.2) is 0 Å². The highest BCUT2D eigenvalue weighted by Gasteiger charge is 2.15. The summed E-state index contributed by atoms with van der Waals surface area (Å²) in [5.41, 5.74) is 1.24. The van der Waals surface area contributed by atoms with Crippen molar-refractivity contribution in [1.82, 2.24) is 15.1 Å². The van der Waals surface area contributed by atoms with Crippen LogP contribution >= 0.6 is 43.2 Å². The number of halogens is 2. The van der Waals surface area contributed by atoms with E-state index in [-0.39, 0.29) is 0 Å². The minimum Gasteiger partial charge on any atom is -0.312 e. The first-order chi connectivity index (χ1) is 8.10. The molecule has 0 saturated heterocycles. The zero-order valence-corrected chi connectivity index (χ0v) is 13.6. The third-order valence-electron chi connectivity index (χ3n) is 2.55. The molecule has 1 atom stereocenters. The lowest BCUT2D eigenvalue weighted by molar-refractivity contribution is 0.601. The standard InChI is InChI=1S/C11H13Br2N3S/c1-14-9(3-7-5-15-16(2)6-7)10-4-8(12)11(13)17-10/h4-6,9,14H,3H2,1-2H3. The topological polar surface area (TPSA) is 29.9 Å². The molecule has 0 aliphatic carbocycles. The molecule has 0 aromatic carbocycles. The summed E-state index contributed by atoms with van der Waals surface area (Å²) in [6, 6.07) is 2.48. The molecule has 0 aliphatic heterocycles. The molecule has 17 heavy (non-hydrogen) atoms. The summed E-state index contributed by atoms with van der Waals surface area (Å²) in [5, 5.41) is 7.54. The molecule has 0 amide bonds. The molecular formula is C11H13Br2N3S. The smallest absolute Gasteiger partial charge is 0.0843 e. The third kappa shape index (κ3) is 3.19. The van der Waals surface area contributed by atoms with Crippen LogP contribution in [0, 0.1) is 0 Å². The average molecular weight is 379 g/mol. The predicted octanol–water partition coefficient (Wildman–Crippen LogP) is 3.51. The van der Waals surface area contributed by atoms with Gasteiger partial charge in [0.25, 0.3) is 0 Å². The van der Waals surface area contributed by atoms with Crippen LogP contribution in [0.5, 0.6) is 0 Å². The average Bonchev–Trinajstić information content (AvgIpc) is 2.83. The Morgan fingerprint density at radius 2 is 2.29 bits per heavy atom. The van der Waals surface area contributed by atoms with Crippen molar-refractivity contribution >= 4 is 43.2 Å². The first-order valence-electron chi connectivity index (χ1n) is 5.19. The fourth-order valence-corrected chi connectivity index (χ4v) is 3.89. The molecule has 6 heteroatoms. The van der Waals surface area contributed by atoms with Gasteiger partial charge in [-0.2, -0.15) is 5.10 Å². The number of rotatable bonds is 4. The summed E-state index contributed by atoms with van der Waals surface area (Å²) in [6.45, 7) is 0. The highest BCUT2D eigenvalue weighted by Crippen LogP contribution is 2.36. The highest BCUT2D eigenvalue weighted by molar-refractivity contribution is 9.13. The molecule has 0 radical (unpaired) electrons. The van der Waals surface area contributed by atoms with Gasteiger partial charge in [0.2, 0.25) is 0 Å². The minimum absolute atomic E-state index is 0.326. The summed E-state index contributed by atoms with van der Waals surface area (Å²) in [4.78, 5) is 1.31. The molecule has 92 valence electrons. The van der Waals surface area contributed by atoms with Crippen molar-refractivity contribution in [3.05, 3.63) is 37.2 Å². The Morgan fingerprint density at radius 1 is 1.53 bits per heavy atom. The van der Waals surface area contributed by atoms with Gasteiger partial charge in [-0.05, 0) is 57.0 Å². The van der Waals surface area contributed by atoms with Crippen molar-refractivity contribution in [3.63, 3.8) is 0 Å². The Bertz CT molecular complexity index is 487. The van der Waals surface area contributed by atoms with Gasteiger partial charge < -0.3 is 5.32 Å². The summed E-state index contributed by atoms with van der Waals surface area (Å²) in [7, 11) is 3.93. The number of hydrogen-bond donors (Lipinski definition) is 1. The van der Waals surface area contributed by atoms with Gasteiger partial charge in [0, 0.05) is 28.6 Å². The molecule has 2 heterocycles. The van der Waals surface area contributed by atoms with E-state index in [1.165, 1.54) is 10.4 Å². The van der Waals surface area contributed by atoms with E-state index in [1.807, 2.05) is 25.0 Å². The quantitative estimate of drug-likeness (QED) is 0.882. The van der Waals surface area contributed by atoms with Crippen molar-refractivity contribution in [1.29, 1.82) is 0 Å². The second-order valence-corrected chi connectivity index (χ2v) is 7.09. The van der Waals surface area contributed by atoms with Gasteiger partial charge in [-0.15, -0.1) is 11.3 Å². The van der Waals surface area contributed by atoms with E-state index in [1.54, 1.807) is 11.3 Å². The minimum atomic E-state index is 0.326. The van der Waals surface area contributed by atoms with Crippen molar-refractivity contribution in [2.75, 3.05) is 7.05 Å². The van der Waals surface area contributed by atoms with Gasteiger partial charge >= 0.3 is 0 Å². The van der Waals surface area contributed by atoms with Crippen LogP contribution in [-0.2, 0) is 13.5 Å². The van der Waals surface area contributed by atoms with Crippen LogP contribution in [0.4, 0.5) is 0 Å². The predicted molar refractivity (Wildman–Crippen MR) is 78.4 cm³/mol. The van der Waals surface area contributed by atoms with E-state index in [0.717, 1.165) is 14.7 Å². The van der Waals surface area contributed by atoms with Gasteiger partial charge in [-0.1, -0.05) is 0 Å². The lowest BCUT2D eigenvalue weighted by Gasteiger charge is -2.12. The molecule has 1 N–H and O–H groups in total. The second kappa shape index (κ2) is 5.65. The Balaban J connectivity index is 2.16. The van der Waals surface area contributed by atoms with E-state index >= 15 is 0 Å². The van der Waals surface area contributed by atoms with Crippen LogP contribution in [0.1, 0.15) is 16.5 Å². The number of nitrogens with one attached hydrogen (secondary N) is 1. The van der Waals surface area contributed by atoms with Crippen LogP contribution < -0.4 is 5.32 Å². The van der Waals surface area contributed by atoms with E-state index in [0.29, 0.717) is 6.04 Å². The molecule has 0 bridgehead atoms. The number of nitrogens with zero attached hydrogens (tertiary/aromatic N) is 2. The number of thiophene rings is 1. The van der Waals surface area contributed by atoms with Gasteiger partial charge in [0.05, 0.1) is 9.98 Å². The second-order valence-electron chi connectivity index (χ2n) is 3.84. The lowest BCUT2D eigenvalue weighted by atomic mass is 10.1. The van der Waals surface area contributed by atoms with E-state index in [2.05, 4.69) is 54.5 Å². The maximum atomic E-state index is 4.19. The van der Waals surface area contributed by atoms with E-state index in [4.69, 9.17) is 0 Å². The number of likely N-dealkylation sites (N-methyl/N-ethyl adjacent to an activating group) is 1. The van der Waals surface area contributed by atoms with Crippen LogP contribution in [0.15, 0.2) is 26.7 Å². The van der Waals surface area contributed by atoms with Crippen LogP contribution in [0.3, 0.4) is 0 Å². The van der Waals surface area contributed by atoms with Crippen LogP contribution in [-0.4, -0.2) is 16.8 Å². The zero-order chi connectivity index (χ0) is 12.4. The van der Waals surface area contributed by atoms with Crippen LogP contribution in [0.2, 0.25) is 0 Å². The molecule has 0 spiro atoms. The fraction of sp³-hybridized carbons (Fsp3) is 0.364. The Hall–Kier alpha value is -0.170. The molecule has 0 saturated carbocycles. The van der Waals surface area contributed by atoms with Gasteiger partial charge in [-0.3, -0.25) is 4.68 Å². The van der Waals surface area contributed by atoms with Crippen LogP contribution in [0.25, 0.3) is 0 Å². The molecule has 1 unspecified atom stereocenters. The summed E-state index contributed by atoms with van der Waals surface area (Å²) < 4.78 is 4.09. The van der Waals surface area contributed by atoms with Crippen molar-refractivity contribution in [3.8, 4) is 0 Å². The Labute approximate surface area is 121 Å². The maximum Gasteiger partial charge on any atom is 0.0843 e. The van der Waals surface area contributed by atoms with E-state index < -0.39 is 0 Å². The number of aromatic nitrogens is 2. The van der Waals surface area contributed by atoms with Crippen molar-refractivity contribution in [2.24, 2.45) is 7.05 Å². The molecule has 2 aromatic heterocycles. The summed E-state index contributed by atoms with van der Waals surface area (Å²) in [5.74, 6) is 0. The summed E-state index contributed by atoms with van der Waals surface area (Å²) in [6.07, 6.45) is 4.92. The van der Waals surface area contributed by atoms with Gasteiger partial charge in [0.1, 0.15) is 0 Å². The first-order valence-corrected chi connectivity index (χ1v) is 7.60. The van der Waals surface area contributed by atoms with Gasteiger partial charge in [-0.25, -0.2) is 0 Å². The Kier molecular flexibility index (Phi) is 4.41. The highest BCUT2D eigenvalue weighted by atomic mass is 79.9. The molecular weight excluding hydrogens is 366 g/mol. The first kappa shape index (κ1) is 13.3. The maximum absolute atomic E-state index is 4.19. The van der Waals surface area contributed by atoms with Crippen molar-refractivity contribution < 1.29 is 0 Å². The van der Waals surface area contributed by atoms with Crippen molar-refractivity contribution in [2.45, 2.75) is 12.5 Å². The monoisotopic (exact) mass is 377 g/mol. The Morgan fingerprint density at radius 3 is 2.76 bits per heavy atom. The normalized spacial score (nSPS) is 12.9. The third-order valence-corrected chi connectivity index (χ3v) is 5.92. The molecule has 0 aliphatic rings. The largest absolute Gasteiger partial charge is 0.312 e. The number of hydrogen-bond acceptors (Lipinski definition) is 3. The molecule has 0 fully saturated rings. The fourth-order valence-electron chi connectivity index (χ4n) is 1.69. The lowest BCUT2D eigenvalue weighted by Crippen LogP contribution is -2.17.